The highest BCUT2D eigenvalue weighted by atomic mass is 32.2. The summed E-state index contributed by atoms with van der Waals surface area (Å²) in [6, 6.07) is 13.4. The molecule has 27 heavy (non-hydrogen) atoms. The maximum Gasteiger partial charge on any atom is 0.242 e. The van der Waals surface area contributed by atoms with Crippen LogP contribution in [0.3, 0.4) is 0 Å². The van der Waals surface area contributed by atoms with Gasteiger partial charge in [-0.25, -0.2) is 0 Å². The van der Waals surface area contributed by atoms with Crippen molar-refractivity contribution >= 4 is 23.4 Å². The van der Waals surface area contributed by atoms with Gasteiger partial charge >= 0.3 is 0 Å². The minimum absolute atomic E-state index is 0.0542. The number of anilines is 1. The maximum atomic E-state index is 12.7. The van der Waals surface area contributed by atoms with Crippen molar-refractivity contribution in [3.63, 3.8) is 0 Å². The van der Waals surface area contributed by atoms with Crippen LogP contribution in [-0.2, 0) is 4.79 Å². The number of nitrogens with two attached hydrogens (primary N) is 1. The second kappa shape index (κ2) is 9.64. The van der Waals surface area contributed by atoms with E-state index in [-0.39, 0.29) is 11.2 Å². The molecule has 144 valence electrons. The van der Waals surface area contributed by atoms with Crippen molar-refractivity contribution in [3.8, 4) is 11.5 Å². The van der Waals surface area contributed by atoms with Crippen molar-refractivity contribution < 1.29 is 14.3 Å². The number of rotatable bonds is 9. The quantitative estimate of drug-likeness (QED) is 0.574. The first-order valence-electron chi connectivity index (χ1n) is 9.01. The minimum atomic E-state index is -0.389. The smallest absolute Gasteiger partial charge is 0.242 e. The zero-order chi connectivity index (χ0) is 19.1. The fourth-order valence-electron chi connectivity index (χ4n) is 2.85. The van der Waals surface area contributed by atoms with Crippen molar-refractivity contribution in [2.75, 3.05) is 38.7 Å². The second-order valence-corrected chi connectivity index (χ2v) is 7.27. The van der Waals surface area contributed by atoms with Crippen LogP contribution in [0.4, 0.5) is 5.69 Å². The van der Waals surface area contributed by atoms with Crippen molar-refractivity contribution in [2.45, 2.75) is 16.6 Å². The highest BCUT2D eigenvalue weighted by Gasteiger charge is 2.31. The summed E-state index contributed by atoms with van der Waals surface area (Å²) < 4.78 is 11.3. The van der Waals surface area contributed by atoms with E-state index in [4.69, 9.17) is 15.2 Å². The molecule has 6 nitrogen and oxygen atoms in total. The number of para-hydroxylation sites is 1. The van der Waals surface area contributed by atoms with E-state index in [0.29, 0.717) is 24.7 Å². The number of carbonyl (C=O) groups is 1. The predicted octanol–water partition coefficient (Wildman–Crippen LogP) is 2.80. The predicted molar refractivity (Wildman–Crippen MR) is 109 cm³/mol. The number of benzene rings is 2. The minimum Gasteiger partial charge on any atom is -0.497 e. The molecule has 7 heteroatoms. The fraction of sp³-hybridized carbons (Fsp3) is 0.350. The Balaban J connectivity index is 1.76. The van der Waals surface area contributed by atoms with Crippen LogP contribution in [-0.4, -0.2) is 39.3 Å². The van der Waals surface area contributed by atoms with Crippen molar-refractivity contribution in [2.24, 2.45) is 5.73 Å². The Morgan fingerprint density at radius 1 is 1.22 bits per heavy atom. The topological polar surface area (TPSA) is 85.6 Å². The van der Waals surface area contributed by atoms with E-state index in [1.807, 2.05) is 42.5 Å². The van der Waals surface area contributed by atoms with Crippen LogP contribution in [0.15, 0.2) is 47.4 Å². The lowest BCUT2D eigenvalue weighted by Gasteiger charge is -2.26. The van der Waals surface area contributed by atoms with Crippen LogP contribution in [0.5, 0.6) is 11.5 Å². The molecule has 0 aromatic heterocycles. The normalized spacial score (nSPS) is 15.8. The largest absolute Gasteiger partial charge is 0.497 e. The number of methoxy groups -OCH3 is 1. The van der Waals surface area contributed by atoms with Gasteiger partial charge in [0.15, 0.2) is 0 Å². The first-order chi connectivity index (χ1) is 13.2. The second-order valence-electron chi connectivity index (χ2n) is 6.13. The summed E-state index contributed by atoms with van der Waals surface area (Å²) in [6.45, 7) is 2.83. The van der Waals surface area contributed by atoms with Gasteiger partial charge in [0.05, 0.1) is 19.4 Å². The van der Waals surface area contributed by atoms with Gasteiger partial charge in [-0.2, -0.15) is 0 Å². The highest BCUT2D eigenvalue weighted by Crippen LogP contribution is 2.46. The molecule has 0 saturated heterocycles. The van der Waals surface area contributed by atoms with Crippen LogP contribution >= 0.6 is 11.8 Å². The number of thioether (sulfide) groups is 1. The molecule has 1 atom stereocenters. The molecule has 1 aliphatic heterocycles. The number of amides is 1. The number of fused-ring (bicyclic) bond motifs is 1. The van der Waals surface area contributed by atoms with Crippen molar-refractivity contribution in [1.29, 1.82) is 0 Å². The van der Waals surface area contributed by atoms with Crippen molar-refractivity contribution in [3.05, 3.63) is 48.0 Å². The Bertz CT molecular complexity index is 785. The molecular weight excluding hydrogens is 362 g/mol. The van der Waals surface area contributed by atoms with Crippen LogP contribution < -0.4 is 25.8 Å². The van der Waals surface area contributed by atoms with Crippen LogP contribution in [0.1, 0.15) is 17.2 Å². The molecule has 0 bridgehead atoms. The third kappa shape index (κ3) is 4.94. The molecule has 0 aliphatic carbocycles. The molecule has 0 fully saturated rings. The summed E-state index contributed by atoms with van der Waals surface area (Å²) >= 11 is 1.53. The number of hydrogen-bond acceptors (Lipinski definition) is 6. The third-order valence-corrected chi connectivity index (χ3v) is 5.52. The molecule has 2 aromatic rings. The van der Waals surface area contributed by atoms with Gasteiger partial charge in [0.2, 0.25) is 5.91 Å². The Labute approximate surface area is 163 Å². The van der Waals surface area contributed by atoms with Gasteiger partial charge in [0.25, 0.3) is 0 Å². The van der Waals surface area contributed by atoms with E-state index in [1.165, 1.54) is 11.8 Å². The average molecular weight is 388 g/mol. The Morgan fingerprint density at radius 2 is 2.07 bits per heavy atom. The lowest BCUT2D eigenvalue weighted by Crippen LogP contribution is -2.25. The number of ether oxygens (including phenoxy) is 2. The van der Waals surface area contributed by atoms with Gasteiger partial charge < -0.3 is 25.8 Å². The van der Waals surface area contributed by atoms with Crippen LogP contribution in [0.2, 0.25) is 0 Å². The zero-order valence-electron chi connectivity index (χ0n) is 15.4. The molecule has 0 spiro atoms. The molecular formula is C20H25N3O3S. The van der Waals surface area contributed by atoms with Gasteiger partial charge in [-0.15, -0.1) is 11.8 Å². The molecule has 3 rings (SSSR count). The average Bonchev–Trinajstić information content (AvgIpc) is 2.70. The molecule has 0 radical (unpaired) electrons. The number of carbonyl (C=O) groups excluding carboxylic acids is 1. The van der Waals surface area contributed by atoms with E-state index in [0.717, 1.165) is 35.7 Å². The third-order valence-electron chi connectivity index (χ3n) is 4.20. The molecule has 1 heterocycles. The van der Waals surface area contributed by atoms with Gasteiger partial charge in [-0.05, 0) is 43.3 Å². The van der Waals surface area contributed by atoms with Gasteiger partial charge in [-0.1, -0.05) is 12.1 Å². The van der Waals surface area contributed by atoms with Gasteiger partial charge in [0.1, 0.15) is 16.7 Å². The van der Waals surface area contributed by atoms with Crippen molar-refractivity contribution in [1.82, 2.24) is 5.32 Å². The summed E-state index contributed by atoms with van der Waals surface area (Å²) in [5, 5.41) is 5.84. The lowest BCUT2D eigenvalue weighted by molar-refractivity contribution is -0.115. The monoisotopic (exact) mass is 387 g/mol. The molecule has 4 N–H and O–H groups in total. The molecule has 1 unspecified atom stereocenters. The Hall–Kier alpha value is -2.22. The van der Waals surface area contributed by atoms with Gasteiger partial charge in [0, 0.05) is 23.5 Å². The summed E-state index contributed by atoms with van der Waals surface area (Å²) in [4.78, 5) is 13.8. The summed E-state index contributed by atoms with van der Waals surface area (Å²) in [6.07, 6.45) is 0.859. The first-order valence-corrected chi connectivity index (χ1v) is 9.89. The van der Waals surface area contributed by atoms with Crippen LogP contribution in [0, 0.1) is 0 Å². The van der Waals surface area contributed by atoms with E-state index in [1.54, 1.807) is 7.11 Å². The van der Waals surface area contributed by atoms with E-state index >= 15 is 0 Å². The van der Waals surface area contributed by atoms with E-state index in [2.05, 4.69) is 10.6 Å². The zero-order valence-corrected chi connectivity index (χ0v) is 16.2. The molecule has 1 amide bonds. The molecule has 1 aliphatic rings. The fourth-order valence-corrected chi connectivity index (χ4v) is 3.99. The lowest BCUT2D eigenvalue weighted by atomic mass is 10.1. The Kier molecular flexibility index (Phi) is 6.98. The molecule has 0 saturated carbocycles. The summed E-state index contributed by atoms with van der Waals surface area (Å²) in [7, 11) is 1.62. The Morgan fingerprint density at radius 3 is 2.89 bits per heavy atom. The van der Waals surface area contributed by atoms with E-state index in [9.17, 15) is 4.79 Å². The van der Waals surface area contributed by atoms with Gasteiger partial charge in [-0.3, -0.25) is 4.79 Å². The molecule has 2 aromatic carbocycles. The first kappa shape index (κ1) is 19.5. The number of hydrogen-bond donors (Lipinski definition) is 3. The summed E-state index contributed by atoms with van der Waals surface area (Å²) in [5.74, 6) is 1.36. The number of nitrogens with one attached hydrogen (secondary N) is 2. The SMILES string of the molecule is COc1ccc(OCCCNCCN)c(C2Sc3ccccc3NC2=O)c1. The van der Waals surface area contributed by atoms with E-state index < -0.39 is 0 Å². The highest BCUT2D eigenvalue weighted by molar-refractivity contribution is 8.00. The summed E-state index contributed by atoms with van der Waals surface area (Å²) in [5.41, 5.74) is 7.13. The maximum absolute atomic E-state index is 12.7. The standard InChI is InChI=1S/C20H25N3O3S/c1-25-14-7-8-17(26-12-4-10-22-11-9-21)15(13-14)19-20(24)23-16-5-2-3-6-18(16)27-19/h2-3,5-8,13,19,22H,4,9-12,21H2,1H3,(H,23,24). The van der Waals surface area contributed by atoms with Crippen LogP contribution in [0.25, 0.3) is 0 Å².